The van der Waals surface area contributed by atoms with Gasteiger partial charge in [0.05, 0.1) is 13.2 Å². The molecule has 2 aromatic rings. The molecule has 0 aliphatic heterocycles. The highest BCUT2D eigenvalue weighted by atomic mass is 16.5. The first-order valence-electron chi connectivity index (χ1n) is 15.4. The van der Waals surface area contributed by atoms with Crippen LogP contribution in [0.15, 0.2) is 84.0 Å². The molecular formula is C37H40O4. The highest BCUT2D eigenvalue weighted by molar-refractivity contribution is 5.94. The predicted molar refractivity (Wildman–Crippen MR) is 163 cm³/mol. The molecule has 0 spiro atoms. The van der Waals surface area contributed by atoms with Gasteiger partial charge in [-0.05, 0) is 103 Å². The number of fused-ring (bicyclic) bond motifs is 6. The van der Waals surface area contributed by atoms with E-state index in [-0.39, 0.29) is 22.8 Å². The van der Waals surface area contributed by atoms with Gasteiger partial charge in [0, 0.05) is 23.7 Å². The Hall–Kier alpha value is -3.66. The number of benzene rings is 2. The van der Waals surface area contributed by atoms with Gasteiger partial charge in [0.25, 0.3) is 0 Å². The van der Waals surface area contributed by atoms with Crippen LogP contribution in [-0.4, -0.2) is 25.2 Å². The van der Waals surface area contributed by atoms with Gasteiger partial charge in [-0.3, -0.25) is 9.59 Å². The molecule has 6 rings (SSSR count). The lowest BCUT2D eigenvalue weighted by Gasteiger charge is -2.44. The molecule has 212 valence electrons. The average molecular weight is 549 g/mol. The third-order valence-electron chi connectivity index (χ3n) is 9.53. The van der Waals surface area contributed by atoms with Gasteiger partial charge in [0.2, 0.25) is 0 Å². The Morgan fingerprint density at radius 2 is 1.05 bits per heavy atom. The van der Waals surface area contributed by atoms with Crippen molar-refractivity contribution in [3.63, 3.8) is 0 Å². The minimum atomic E-state index is -0.384. The summed E-state index contributed by atoms with van der Waals surface area (Å²) in [4.78, 5) is 25.8. The van der Waals surface area contributed by atoms with E-state index in [0.717, 1.165) is 32.1 Å². The number of rotatable bonds is 10. The van der Waals surface area contributed by atoms with Crippen LogP contribution >= 0.6 is 0 Å². The van der Waals surface area contributed by atoms with E-state index < -0.39 is 0 Å². The molecule has 2 aromatic carbocycles. The highest BCUT2D eigenvalue weighted by Gasteiger charge is 2.55. The Morgan fingerprint density at radius 1 is 0.634 bits per heavy atom. The molecule has 0 amide bonds. The van der Waals surface area contributed by atoms with Crippen molar-refractivity contribution >= 4 is 23.1 Å². The molecule has 0 saturated carbocycles. The molecule has 2 unspecified atom stereocenters. The monoisotopic (exact) mass is 548 g/mol. The van der Waals surface area contributed by atoms with Gasteiger partial charge in [-0.1, -0.05) is 72.8 Å². The molecule has 0 heterocycles. The summed E-state index contributed by atoms with van der Waals surface area (Å²) in [5.74, 6) is -0.300. The lowest BCUT2D eigenvalue weighted by atomic mass is 9.59. The summed E-state index contributed by atoms with van der Waals surface area (Å²) in [5.41, 5.74) is 9.70. The fourth-order valence-corrected chi connectivity index (χ4v) is 8.04. The topological polar surface area (TPSA) is 52.6 Å². The third kappa shape index (κ3) is 4.62. The summed E-state index contributed by atoms with van der Waals surface area (Å²) in [6, 6.07) is 17.5. The maximum Gasteiger partial charge on any atom is 0.305 e. The lowest BCUT2D eigenvalue weighted by Crippen LogP contribution is -2.39. The molecule has 0 radical (unpaired) electrons. The van der Waals surface area contributed by atoms with Gasteiger partial charge in [-0.25, -0.2) is 0 Å². The minimum Gasteiger partial charge on any atom is -0.466 e. The fraction of sp³-hybridized carbons (Fsp3) is 0.405. The summed E-state index contributed by atoms with van der Waals surface area (Å²) in [6.07, 6.45) is 16.5. The first-order chi connectivity index (χ1) is 20.0. The van der Waals surface area contributed by atoms with Crippen LogP contribution in [-0.2, 0) is 29.9 Å². The number of carbonyl (C=O) groups excluding carboxylic acids is 2. The van der Waals surface area contributed by atoms with Gasteiger partial charge in [0.1, 0.15) is 0 Å². The number of allylic oxidation sites excluding steroid dienone is 8. The van der Waals surface area contributed by atoms with E-state index in [9.17, 15) is 9.59 Å². The number of ether oxygens (including phenoxy) is 2. The van der Waals surface area contributed by atoms with Crippen molar-refractivity contribution in [1.82, 2.24) is 0 Å². The Balaban J connectivity index is 1.55. The van der Waals surface area contributed by atoms with Crippen LogP contribution in [0.25, 0.3) is 11.1 Å². The van der Waals surface area contributed by atoms with E-state index >= 15 is 0 Å². The van der Waals surface area contributed by atoms with E-state index in [1.54, 1.807) is 0 Å². The van der Waals surface area contributed by atoms with Gasteiger partial charge >= 0.3 is 11.9 Å². The molecule has 2 atom stereocenters. The van der Waals surface area contributed by atoms with Crippen LogP contribution in [0.3, 0.4) is 0 Å². The molecule has 4 aliphatic carbocycles. The fourth-order valence-electron chi connectivity index (χ4n) is 8.04. The summed E-state index contributed by atoms with van der Waals surface area (Å²) >= 11 is 0. The van der Waals surface area contributed by atoms with Crippen LogP contribution < -0.4 is 0 Å². The first-order valence-corrected chi connectivity index (χ1v) is 15.4. The molecule has 0 N–H and O–H groups in total. The second-order valence-corrected chi connectivity index (χ2v) is 11.7. The third-order valence-corrected chi connectivity index (χ3v) is 9.53. The molecule has 41 heavy (non-hydrogen) atoms. The quantitative estimate of drug-likeness (QED) is 0.281. The molecule has 0 fully saturated rings. The molecule has 0 aromatic heterocycles. The highest BCUT2D eigenvalue weighted by Crippen LogP contribution is 2.64. The van der Waals surface area contributed by atoms with Crippen molar-refractivity contribution in [2.45, 2.75) is 82.5 Å². The lowest BCUT2D eigenvalue weighted by molar-refractivity contribution is -0.144. The number of esters is 2. The van der Waals surface area contributed by atoms with Crippen LogP contribution in [0.2, 0.25) is 0 Å². The molecule has 4 heteroatoms. The molecule has 4 aliphatic rings. The molecule has 0 saturated heterocycles. The zero-order valence-corrected chi connectivity index (χ0v) is 24.3. The second-order valence-electron chi connectivity index (χ2n) is 11.7. The van der Waals surface area contributed by atoms with E-state index in [1.807, 2.05) is 13.8 Å². The van der Waals surface area contributed by atoms with Gasteiger partial charge in [-0.2, -0.15) is 0 Å². The largest absolute Gasteiger partial charge is 0.466 e. The van der Waals surface area contributed by atoms with Gasteiger partial charge in [-0.15, -0.1) is 0 Å². The molecule has 0 bridgehead atoms. The second kappa shape index (κ2) is 11.3. The zero-order chi connectivity index (χ0) is 28.5. The van der Waals surface area contributed by atoms with Crippen molar-refractivity contribution in [2.75, 3.05) is 13.2 Å². The van der Waals surface area contributed by atoms with Gasteiger partial charge < -0.3 is 9.47 Å². The summed E-state index contributed by atoms with van der Waals surface area (Å²) in [7, 11) is 0. The van der Waals surface area contributed by atoms with Crippen molar-refractivity contribution in [3.8, 4) is 0 Å². The first kappa shape index (κ1) is 27.5. The van der Waals surface area contributed by atoms with Crippen LogP contribution in [0.5, 0.6) is 0 Å². The normalized spacial score (nSPS) is 23.7. The maximum atomic E-state index is 12.9. The van der Waals surface area contributed by atoms with Crippen LogP contribution in [0.4, 0.5) is 0 Å². The van der Waals surface area contributed by atoms with Crippen molar-refractivity contribution in [2.24, 2.45) is 0 Å². The average Bonchev–Trinajstić information content (AvgIpc) is 3.44. The van der Waals surface area contributed by atoms with Crippen LogP contribution in [0.1, 0.15) is 93.9 Å². The Morgan fingerprint density at radius 3 is 1.49 bits per heavy atom. The minimum absolute atomic E-state index is 0.150. The van der Waals surface area contributed by atoms with E-state index in [2.05, 4.69) is 72.8 Å². The summed E-state index contributed by atoms with van der Waals surface area (Å²) < 4.78 is 10.9. The van der Waals surface area contributed by atoms with Crippen molar-refractivity contribution in [3.05, 3.63) is 106 Å². The van der Waals surface area contributed by atoms with E-state index in [0.29, 0.717) is 38.9 Å². The van der Waals surface area contributed by atoms with Gasteiger partial charge in [0.15, 0.2) is 0 Å². The van der Waals surface area contributed by atoms with E-state index in [4.69, 9.17) is 9.47 Å². The SMILES string of the molecule is CCOC(=O)CCC1(CC2(CCC(=O)OCC)C3=CCCC=C3c3ccccc32)C2=CCCC=C2c2ccccc21. The summed E-state index contributed by atoms with van der Waals surface area (Å²) in [5, 5.41) is 0. The zero-order valence-electron chi connectivity index (χ0n) is 24.3. The Bertz CT molecular complexity index is 1380. The number of carbonyl (C=O) groups is 2. The van der Waals surface area contributed by atoms with E-state index in [1.165, 1.54) is 44.5 Å². The van der Waals surface area contributed by atoms with Crippen molar-refractivity contribution in [1.29, 1.82) is 0 Å². The van der Waals surface area contributed by atoms with Crippen LogP contribution in [0, 0.1) is 0 Å². The smallest absolute Gasteiger partial charge is 0.305 e. The molecular weight excluding hydrogens is 508 g/mol. The summed E-state index contributed by atoms with van der Waals surface area (Å²) in [6.45, 7) is 4.50. The number of hydrogen-bond donors (Lipinski definition) is 0. The van der Waals surface area contributed by atoms with Crippen molar-refractivity contribution < 1.29 is 19.1 Å². The number of hydrogen-bond acceptors (Lipinski definition) is 4. The maximum absolute atomic E-state index is 12.9. The predicted octanol–water partition coefficient (Wildman–Crippen LogP) is 8.17. The standard InChI is InChI=1S/C37H40O4/c1-3-40-34(38)21-23-36(30-17-9-5-13-26(30)27-14-6-10-18-31(27)36)25-37(24-22-35(39)41-4-2)32-19-11-7-15-28(32)29-16-8-12-20-33(29)37/h5,7,9,11,13-20H,3-4,6,8,10,12,21-25H2,1-2H3. The Labute approximate surface area is 243 Å². The Kier molecular flexibility index (Phi) is 7.59. The molecule has 4 nitrogen and oxygen atoms in total.